The molecule has 1 rings (SSSR count). The zero-order chi connectivity index (χ0) is 15.3. The number of unbranched alkanes of at least 4 members (excludes halogenated alkanes) is 6. The normalized spacial score (nSPS) is 12.5. The maximum absolute atomic E-state index is 10.1. The number of hydrogen-bond donors (Lipinski definition) is 3. The van der Waals surface area contributed by atoms with Crippen LogP contribution in [0.25, 0.3) is 0 Å². The van der Waals surface area contributed by atoms with Crippen LogP contribution in [0.4, 0.5) is 0 Å². The molecular formula is C18H31NO2. The molecule has 1 aromatic carbocycles. The molecule has 3 heteroatoms. The number of rotatable bonds is 12. The van der Waals surface area contributed by atoms with E-state index >= 15 is 0 Å². The van der Waals surface area contributed by atoms with Gasteiger partial charge in [-0.1, -0.05) is 61.9 Å². The summed E-state index contributed by atoms with van der Waals surface area (Å²) < 4.78 is 0. The van der Waals surface area contributed by atoms with E-state index in [-0.39, 0.29) is 0 Å². The van der Waals surface area contributed by atoms with Gasteiger partial charge in [-0.2, -0.15) is 0 Å². The minimum Gasteiger partial charge on any atom is -0.396 e. The average molecular weight is 293 g/mol. The predicted molar refractivity (Wildman–Crippen MR) is 88.4 cm³/mol. The fourth-order valence-electron chi connectivity index (χ4n) is 2.48. The number of aryl methyl sites for hydroxylation is 1. The second-order valence-electron chi connectivity index (χ2n) is 5.83. The molecule has 0 radical (unpaired) electrons. The third-order valence-corrected chi connectivity index (χ3v) is 3.78. The number of nitrogens with one attached hydrogen (secondary N) is 1. The molecule has 0 amide bonds. The lowest BCUT2D eigenvalue weighted by Crippen LogP contribution is -2.22. The second-order valence-corrected chi connectivity index (χ2v) is 5.83. The minimum atomic E-state index is -0.414. The fourth-order valence-corrected chi connectivity index (χ4v) is 2.48. The molecule has 0 bridgehead atoms. The topological polar surface area (TPSA) is 52.5 Å². The molecule has 0 spiro atoms. The first kappa shape index (κ1) is 18.1. The van der Waals surface area contributed by atoms with E-state index in [0.29, 0.717) is 13.2 Å². The third kappa shape index (κ3) is 8.86. The Hall–Kier alpha value is -0.900. The standard InChI is InChI=1S/C18H31NO2/c1-16-10-9-11-17(14-16)18(21)15-19-12-7-5-3-2-4-6-8-13-20/h9-11,14,18-21H,2-8,12-13,15H2,1H3. The highest BCUT2D eigenvalue weighted by atomic mass is 16.3. The van der Waals surface area contributed by atoms with E-state index in [0.717, 1.165) is 24.9 Å². The van der Waals surface area contributed by atoms with Crippen molar-refractivity contribution < 1.29 is 10.2 Å². The molecule has 0 aliphatic rings. The van der Waals surface area contributed by atoms with Gasteiger partial charge in [-0.05, 0) is 31.9 Å². The van der Waals surface area contributed by atoms with Crippen LogP contribution >= 0.6 is 0 Å². The first-order valence-corrected chi connectivity index (χ1v) is 8.30. The van der Waals surface area contributed by atoms with E-state index in [9.17, 15) is 5.11 Å². The van der Waals surface area contributed by atoms with Crippen LogP contribution in [0.5, 0.6) is 0 Å². The average Bonchev–Trinajstić information content (AvgIpc) is 2.49. The van der Waals surface area contributed by atoms with Gasteiger partial charge in [0.2, 0.25) is 0 Å². The summed E-state index contributed by atoms with van der Waals surface area (Å²) in [6.07, 6.45) is 7.87. The highest BCUT2D eigenvalue weighted by Gasteiger charge is 2.06. The summed E-state index contributed by atoms with van der Waals surface area (Å²) >= 11 is 0. The van der Waals surface area contributed by atoms with Crippen molar-refractivity contribution in [3.8, 4) is 0 Å². The molecule has 3 nitrogen and oxygen atoms in total. The van der Waals surface area contributed by atoms with Gasteiger partial charge in [0.1, 0.15) is 0 Å². The molecule has 0 heterocycles. The van der Waals surface area contributed by atoms with Crippen molar-refractivity contribution in [3.05, 3.63) is 35.4 Å². The number of aliphatic hydroxyl groups is 2. The third-order valence-electron chi connectivity index (χ3n) is 3.78. The van der Waals surface area contributed by atoms with Crippen LogP contribution in [0.3, 0.4) is 0 Å². The van der Waals surface area contributed by atoms with E-state index in [1.165, 1.54) is 37.7 Å². The number of benzene rings is 1. The predicted octanol–water partition coefficient (Wildman–Crippen LogP) is 3.34. The summed E-state index contributed by atoms with van der Waals surface area (Å²) in [7, 11) is 0. The van der Waals surface area contributed by atoms with Crippen LogP contribution in [0.1, 0.15) is 62.2 Å². The molecule has 0 aromatic heterocycles. The Morgan fingerprint density at radius 3 is 2.33 bits per heavy atom. The molecule has 3 N–H and O–H groups in total. The van der Waals surface area contributed by atoms with Crippen LogP contribution in [-0.2, 0) is 0 Å². The Morgan fingerprint density at radius 1 is 1.00 bits per heavy atom. The Kier molecular flexibility index (Phi) is 10.1. The van der Waals surface area contributed by atoms with E-state index < -0.39 is 6.10 Å². The zero-order valence-electron chi connectivity index (χ0n) is 13.4. The Labute approximate surface area is 129 Å². The van der Waals surface area contributed by atoms with Crippen molar-refractivity contribution in [2.45, 2.75) is 58.0 Å². The minimum absolute atomic E-state index is 0.327. The van der Waals surface area contributed by atoms with Gasteiger partial charge in [0.25, 0.3) is 0 Å². The first-order chi connectivity index (χ1) is 10.2. The zero-order valence-corrected chi connectivity index (χ0v) is 13.4. The summed E-state index contributed by atoms with van der Waals surface area (Å²) in [5, 5.41) is 22.1. The summed E-state index contributed by atoms with van der Waals surface area (Å²) in [5.41, 5.74) is 2.18. The molecule has 0 fully saturated rings. The van der Waals surface area contributed by atoms with Crippen molar-refractivity contribution in [2.75, 3.05) is 19.7 Å². The molecule has 120 valence electrons. The van der Waals surface area contributed by atoms with E-state index in [4.69, 9.17) is 5.11 Å². The van der Waals surface area contributed by atoms with Gasteiger partial charge in [0.15, 0.2) is 0 Å². The molecule has 1 atom stereocenters. The monoisotopic (exact) mass is 293 g/mol. The van der Waals surface area contributed by atoms with Crippen molar-refractivity contribution in [1.82, 2.24) is 5.32 Å². The molecule has 0 aliphatic carbocycles. The Bertz CT molecular complexity index is 368. The van der Waals surface area contributed by atoms with Gasteiger partial charge in [0.05, 0.1) is 6.10 Å². The first-order valence-electron chi connectivity index (χ1n) is 8.30. The highest BCUT2D eigenvalue weighted by Crippen LogP contribution is 2.13. The van der Waals surface area contributed by atoms with Gasteiger partial charge < -0.3 is 15.5 Å². The Balaban J connectivity index is 1.96. The number of aliphatic hydroxyl groups excluding tert-OH is 2. The van der Waals surface area contributed by atoms with Crippen molar-refractivity contribution in [3.63, 3.8) is 0 Å². The summed E-state index contributed by atoms with van der Waals surface area (Å²) in [4.78, 5) is 0. The molecule has 0 aliphatic heterocycles. The maximum Gasteiger partial charge on any atom is 0.0914 e. The van der Waals surface area contributed by atoms with E-state index in [1.54, 1.807) is 0 Å². The molecule has 0 saturated heterocycles. The van der Waals surface area contributed by atoms with Gasteiger partial charge in [-0.25, -0.2) is 0 Å². The summed E-state index contributed by atoms with van der Waals surface area (Å²) in [6, 6.07) is 8.05. The van der Waals surface area contributed by atoms with Crippen molar-refractivity contribution in [2.24, 2.45) is 0 Å². The lowest BCUT2D eigenvalue weighted by Gasteiger charge is -2.12. The summed E-state index contributed by atoms with van der Waals surface area (Å²) in [5.74, 6) is 0. The smallest absolute Gasteiger partial charge is 0.0914 e. The maximum atomic E-state index is 10.1. The van der Waals surface area contributed by atoms with Crippen LogP contribution in [0, 0.1) is 6.92 Å². The van der Waals surface area contributed by atoms with Gasteiger partial charge in [-0.15, -0.1) is 0 Å². The molecule has 0 saturated carbocycles. The highest BCUT2D eigenvalue weighted by molar-refractivity contribution is 5.24. The van der Waals surface area contributed by atoms with E-state index in [1.807, 2.05) is 31.2 Å². The summed E-state index contributed by atoms with van der Waals surface area (Å²) in [6.45, 7) is 3.97. The van der Waals surface area contributed by atoms with Crippen molar-refractivity contribution >= 4 is 0 Å². The largest absolute Gasteiger partial charge is 0.396 e. The SMILES string of the molecule is Cc1cccc(C(O)CNCCCCCCCCCO)c1. The quantitative estimate of drug-likeness (QED) is 0.518. The lowest BCUT2D eigenvalue weighted by molar-refractivity contribution is 0.174. The van der Waals surface area contributed by atoms with Crippen molar-refractivity contribution in [1.29, 1.82) is 0 Å². The van der Waals surface area contributed by atoms with Crippen LogP contribution in [-0.4, -0.2) is 29.9 Å². The lowest BCUT2D eigenvalue weighted by atomic mass is 10.1. The van der Waals surface area contributed by atoms with E-state index in [2.05, 4.69) is 5.32 Å². The number of hydrogen-bond acceptors (Lipinski definition) is 3. The Morgan fingerprint density at radius 2 is 1.67 bits per heavy atom. The molecule has 1 aromatic rings. The van der Waals surface area contributed by atoms with Crippen LogP contribution < -0.4 is 5.32 Å². The van der Waals surface area contributed by atoms with Crippen LogP contribution in [0.2, 0.25) is 0 Å². The fraction of sp³-hybridized carbons (Fsp3) is 0.667. The van der Waals surface area contributed by atoms with Gasteiger partial charge in [0, 0.05) is 13.2 Å². The molecular weight excluding hydrogens is 262 g/mol. The van der Waals surface area contributed by atoms with Crippen LogP contribution in [0.15, 0.2) is 24.3 Å². The van der Waals surface area contributed by atoms with Gasteiger partial charge in [-0.3, -0.25) is 0 Å². The van der Waals surface area contributed by atoms with Gasteiger partial charge >= 0.3 is 0 Å². The molecule has 21 heavy (non-hydrogen) atoms. The second kappa shape index (κ2) is 11.7. The molecule has 1 unspecified atom stereocenters.